The zero-order valence-electron chi connectivity index (χ0n) is 26.0. The SMILES string of the molecule is CC(C)C[C@H](NC(=O)[C@](C)(Cc1ccccc1)NC(=O)CNC(=O)CNC(=O)[C@@H](N)Cc1ccc(OC(=O)C(F)(F)F)cc1)C(=O)O. The number of carbonyl (C=O) groups excluding carboxylic acids is 5. The average molecular weight is 666 g/mol. The monoisotopic (exact) mass is 665 g/mol. The molecule has 2 aromatic rings. The van der Waals surface area contributed by atoms with Crippen molar-refractivity contribution in [3.63, 3.8) is 0 Å². The number of ether oxygens (including phenoxy) is 1. The molecule has 0 aliphatic rings. The van der Waals surface area contributed by atoms with E-state index < -0.39 is 72.5 Å². The second-order valence-corrected chi connectivity index (χ2v) is 11.4. The smallest absolute Gasteiger partial charge is 0.480 e. The van der Waals surface area contributed by atoms with Crippen LogP contribution in [0.1, 0.15) is 38.3 Å². The Kier molecular flexibility index (Phi) is 13.9. The van der Waals surface area contributed by atoms with E-state index >= 15 is 0 Å². The molecule has 0 aliphatic heterocycles. The van der Waals surface area contributed by atoms with Crippen molar-refractivity contribution < 1.29 is 51.8 Å². The van der Waals surface area contributed by atoms with Gasteiger partial charge in [0.05, 0.1) is 19.1 Å². The third-order valence-corrected chi connectivity index (χ3v) is 6.65. The highest BCUT2D eigenvalue weighted by Crippen LogP contribution is 2.21. The van der Waals surface area contributed by atoms with E-state index in [9.17, 15) is 47.0 Å². The Morgan fingerprint density at radius 3 is 2.02 bits per heavy atom. The van der Waals surface area contributed by atoms with Gasteiger partial charge in [0.25, 0.3) is 0 Å². The third kappa shape index (κ3) is 13.1. The first kappa shape index (κ1) is 38.2. The number of nitrogens with two attached hydrogens (primary N) is 1. The van der Waals surface area contributed by atoms with Crippen molar-refractivity contribution in [2.24, 2.45) is 11.7 Å². The molecule has 47 heavy (non-hydrogen) atoms. The molecular weight excluding hydrogens is 627 g/mol. The molecule has 4 amide bonds. The van der Waals surface area contributed by atoms with Gasteiger partial charge >= 0.3 is 18.1 Å². The summed E-state index contributed by atoms with van der Waals surface area (Å²) >= 11 is 0. The van der Waals surface area contributed by atoms with E-state index in [0.717, 1.165) is 12.1 Å². The molecule has 0 saturated heterocycles. The van der Waals surface area contributed by atoms with E-state index in [4.69, 9.17) is 5.73 Å². The summed E-state index contributed by atoms with van der Waals surface area (Å²) in [6.45, 7) is 3.92. The van der Waals surface area contributed by atoms with E-state index in [1.807, 2.05) is 0 Å². The van der Waals surface area contributed by atoms with Crippen molar-refractivity contribution in [3.05, 3.63) is 65.7 Å². The number of carboxylic acid groups (broad SMARTS) is 1. The van der Waals surface area contributed by atoms with Crippen LogP contribution in [-0.2, 0) is 41.6 Å². The first-order valence-electron chi connectivity index (χ1n) is 14.5. The van der Waals surface area contributed by atoms with Crippen LogP contribution < -0.4 is 31.7 Å². The van der Waals surface area contributed by atoms with Gasteiger partial charge in [-0.2, -0.15) is 13.2 Å². The standard InChI is InChI=1S/C31H38F3N5O8/c1-18(2)13-23(27(43)44)38-28(45)30(3,15-20-7-5-4-6-8-20)39-25(41)17-36-24(40)16-37-26(42)22(35)14-19-9-11-21(12-10-19)47-29(46)31(32,33)34/h4-12,18,22-23H,13-17,35H2,1-3H3,(H,36,40)(H,37,42)(H,38,45)(H,39,41)(H,43,44)/t22-,23-,30-/m0/s1. The largest absolute Gasteiger partial charge is 0.491 e. The zero-order chi connectivity index (χ0) is 35.4. The van der Waals surface area contributed by atoms with Crippen LogP contribution in [0.4, 0.5) is 13.2 Å². The molecule has 0 radical (unpaired) electrons. The normalized spacial score (nSPS) is 13.8. The maximum absolute atomic E-state index is 13.3. The number of halogens is 3. The number of carbonyl (C=O) groups is 6. The van der Waals surface area contributed by atoms with Crippen molar-refractivity contribution in [1.82, 2.24) is 21.3 Å². The first-order valence-corrected chi connectivity index (χ1v) is 14.5. The van der Waals surface area contributed by atoms with Gasteiger partial charge in [0.2, 0.25) is 23.6 Å². The highest BCUT2D eigenvalue weighted by Gasteiger charge is 2.41. The summed E-state index contributed by atoms with van der Waals surface area (Å²) in [6.07, 6.45) is -5.04. The highest BCUT2D eigenvalue weighted by atomic mass is 19.4. The Hall–Kier alpha value is -4.99. The summed E-state index contributed by atoms with van der Waals surface area (Å²) in [6, 6.07) is 11.2. The molecule has 16 heteroatoms. The molecule has 0 aliphatic carbocycles. The Morgan fingerprint density at radius 2 is 1.47 bits per heavy atom. The summed E-state index contributed by atoms with van der Waals surface area (Å²) in [5.74, 6) is -6.97. The summed E-state index contributed by atoms with van der Waals surface area (Å²) in [7, 11) is 0. The average Bonchev–Trinajstić information content (AvgIpc) is 2.99. The molecule has 0 spiro atoms. The first-order chi connectivity index (χ1) is 21.9. The predicted octanol–water partition coefficient (Wildman–Crippen LogP) is 0.990. The van der Waals surface area contributed by atoms with Crippen molar-refractivity contribution in [2.45, 2.75) is 63.8 Å². The van der Waals surface area contributed by atoms with Crippen LogP contribution in [0.2, 0.25) is 0 Å². The number of carboxylic acids is 1. The molecule has 0 heterocycles. The fourth-order valence-corrected chi connectivity index (χ4v) is 4.29. The number of esters is 1. The minimum absolute atomic E-state index is 0.0166. The topological polar surface area (TPSA) is 206 Å². The summed E-state index contributed by atoms with van der Waals surface area (Å²) < 4.78 is 41.2. The lowest BCUT2D eigenvalue weighted by molar-refractivity contribution is -0.189. The minimum atomic E-state index is -5.16. The Bertz CT molecular complexity index is 1420. The fraction of sp³-hybridized carbons (Fsp3) is 0.419. The molecule has 3 atom stereocenters. The fourth-order valence-electron chi connectivity index (χ4n) is 4.29. The number of aliphatic carboxylic acids is 1. The van der Waals surface area contributed by atoms with Crippen LogP contribution in [0.25, 0.3) is 0 Å². The molecule has 0 aromatic heterocycles. The lowest BCUT2D eigenvalue weighted by Crippen LogP contribution is -2.62. The number of amides is 4. The minimum Gasteiger partial charge on any atom is -0.480 e. The molecule has 13 nitrogen and oxygen atoms in total. The van der Waals surface area contributed by atoms with Gasteiger partial charge in [-0.1, -0.05) is 56.3 Å². The van der Waals surface area contributed by atoms with Crippen LogP contribution >= 0.6 is 0 Å². The number of hydrogen-bond acceptors (Lipinski definition) is 8. The van der Waals surface area contributed by atoms with Crippen molar-refractivity contribution in [1.29, 1.82) is 0 Å². The molecular formula is C31H38F3N5O8. The van der Waals surface area contributed by atoms with E-state index in [2.05, 4.69) is 26.0 Å². The van der Waals surface area contributed by atoms with Crippen molar-refractivity contribution in [3.8, 4) is 5.75 Å². The number of alkyl halides is 3. The zero-order valence-corrected chi connectivity index (χ0v) is 26.0. The third-order valence-electron chi connectivity index (χ3n) is 6.65. The van der Waals surface area contributed by atoms with E-state index in [1.165, 1.54) is 19.1 Å². The van der Waals surface area contributed by atoms with Crippen LogP contribution in [0, 0.1) is 5.92 Å². The van der Waals surface area contributed by atoms with Crippen LogP contribution in [0.15, 0.2) is 54.6 Å². The number of benzene rings is 2. The Balaban J connectivity index is 1.91. The van der Waals surface area contributed by atoms with Gasteiger partial charge in [-0.15, -0.1) is 0 Å². The lowest BCUT2D eigenvalue weighted by atomic mass is 9.90. The number of hydrogen-bond donors (Lipinski definition) is 6. The molecule has 256 valence electrons. The summed E-state index contributed by atoms with van der Waals surface area (Å²) in [4.78, 5) is 73.5. The Morgan fingerprint density at radius 1 is 0.872 bits per heavy atom. The van der Waals surface area contributed by atoms with E-state index in [-0.39, 0.29) is 30.9 Å². The maximum atomic E-state index is 13.3. The highest BCUT2D eigenvalue weighted by molar-refractivity contribution is 5.95. The quantitative estimate of drug-likeness (QED) is 0.112. The molecule has 2 rings (SSSR count). The van der Waals surface area contributed by atoms with Crippen LogP contribution in [0.5, 0.6) is 5.75 Å². The maximum Gasteiger partial charge on any atom is 0.491 e. The number of rotatable bonds is 16. The predicted molar refractivity (Wildman–Crippen MR) is 162 cm³/mol. The van der Waals surface area contributed by atoms with Gasteiger partial charge in [0, 0.05) is 6.42 Å². The lowest BCUT2D eigenvalue weighted by Gasteiger charge is -2.31. The van der Waals surface area contributed by atoms with Gasteiger partial charge in [-0.05, 0) is 48.9 Å². The molecule has 2 aromatic carbocycles. The molecule has 0 unspecified atom stereocenters. The Labute approximate surface area is 268 Å². The van der Waals surface area contributed by atoms with Crippen LogP contribution in [0.3, 0.4) is 0 Å². The molecule has 0 fully saturated rings. The van der Waals surface area contributed by atoms with Gasteiger partial charge in [-0.3, -0.25) is 19.2 Å². The molecule has 0 bridgehead atoms. The summed E-state index contributed by atoms with van der Waals surface area (Å²) in [5, 5.41) is 19.3. The van der Waals surface area contributed by atoms with Crippen LogP contribution in [-0.4, -0.2) is 77.6 Å². The second kappa shape index (κ2) is 17.1. The van der Waals surface area contributed by atoms with Gasteiger partial charge in [0.1, 0.15) is 17.3 Å². The van der Waals surface area contributed by atoms with Gasteiger partial charge in [0.15, 0.2) is 0 Å². The second-order valence-electron chi connectivity index (χ2n) is 11.4. The van der Waals surface area contributed by atoms with E-state index in [1.54, 1.807) is 44.2 Å². The van der Waals surface area contributed by atoms with Gasteiger partial charge in [-0.25, -0.2) is 9.59 Å². The molecule has 7 N–H and O–H groups in total. The number of nitrogens with one attached hydrogen (secondary N) is 4. The molecule has 0 saturated carbocycles. The van der Waals surface area contributed by atoms with E-state index in [0.29, 0.717) is 11.1 Å². The summed E-state index contributed by atoms with van der Waals surface area (Å²) in [5.41, 5.74) is 5.38. The van der Waals surface area contributed by atoms with Crippen molar-refractivity contribution in [2.75, 3.05) is 13.1 Å². The van der Waals surface area contributed by atoms with Gasteiger partial charge < -0.3 is 36.8 Å². The van der Waals surface area contributed by atoms with Crippen molar-refractivity contribution >= 4 is 35.6 Å².